The van der Waals surface area contributed by atoms with Gasteiger partial charge in [0.15, 0.2) is 0 Å². The van der Waals surface area contributed by atoms with Crippen molar-refractivity contribution in [1.82, 2.24) is 4.31 Å². The molecular weight excluding hydrogens is 322 g/mol. The Labute approximate surface area is 144 Å². The molecule has 1 aromatic carbocycles. The molecule has 0 saturated heterocycles. The molecule has 0 N–H and O–H groups in total. The summed E-state index contributed by atoms with van der Waals surface area (Å²) in [7, 11) is -3.77. The number of rotatable bonds is 6. The Morgan fingerprint density at radius 2 is 1.71 bits per heavy atom. The average molecular weight is 343 g/mol. The van der Waals surface area contributed by atoms with Crippen molar-refractivity contribution < 1.29 is 8.42 Å². The molecule has 0 unspecified atom stereocenters. The summed E-state index contributed by atoms with van der Waals surface area (Å²) in [5.74, 6) is 0. The molecule has 1 aromatic rings. The van der Waals surface area contributed by atoms with Crippen molar-refractivity contribution in [2.24, 2.45) is 0 Å². The van der Waals surface area contributed by atoms with E-state index in [1.165, 1.54) is 4.31 Å². The number of benzene rings is 1. The summed E-state index contributed by atoms with van der Waals surface area (Å²) in [5.41, 5.74) is 2.44. The molecule has 0 aliphatic heterocycles. The van der Waals surface area contributed by atoms with Crippen LogP contribution in [0.3, 0.4) is 0 Å². The Balaban J connectivity index is 3.33. The Bertz CT molecular complexity index is 836. The number of nitrogens with zero attached hydrogens (tertiary/aromatic N) is 3. The molecule has 0 amide bonds. The van der Waals surface area contributed by atoms with Gasteiger partial charge in [0.05, 0.1) is 17.0 Å². The van der Waals surface area contributed by atoms with E-state index in [1.807, 2.05) is 19.1 Å². The first-order chi connectivity index (χ1) is 11.3. The number of hydrogen-bond acceptors (Lipinski definition) is 4. The molecule has 24 heavy (non-hydrogen) atoms. The number of nitriles is 2. The van der Waals surface area contributed by atoms with Gasteiger partial charge >= 0.3 is 0 Å². The van der Waals surface area contributed by atoms with E-state index in [0.717, 1.165) is 5.56 Å². The minimum Gasteiger partial charge on any atom is -0.207 e. The molecule has 0 aliphatic carbocycles. The highest BCUT2D eigenvalue weighted by Crippen LogP contribution is 2.20. The van der Waals surface area contributed by atoms with Crippen molar-refractivity contribution in [3.8, 4) is 12.1 Å². The van der Waals surface area contributed by atoms with Gasteiger partial charge in [-0.2, -0.15) is 14.8 Å². The lowest BCUT2D eigenvalue weighted by molar-refractivity contribution is 0.462. The van der Waals surface area contributed by atoms with Gasteiger partial charge in [-0.25, -0.2) is 8.42 Å². The van der Waals surface area contributed by atoms with Gasteiger partial charge < -0.3 is 0 Å². The van der Waals surface area contributed by atoms with Crippen LogP contribution in [0.15, 0.2) is 52.0 Å². The van der Waals surface area contributed by atoms with Crippen LogP contribution in [0.4, 0.5) is 0 Å². The van der Waals surface area contributed by atoms with Crippen molar-refractivity contribution in [2.75, 3.05) is 13.1 Å². The molecule has 0 saturated carbocycles. The standard InChI is InChI=1S/C18H21N3O2S/c1-5-17(11-20)13-21(12-16(4)15(3)10-19)24(22,23)18-8-6-14(2)7-9-18/h5-9H,12-13H2,1-4H3/b16-15+,17-5-. The third kappa shape index (κ3) is 4.79. The molecule has 0 radical (unpaired) electrons. The number of allylic oxidation sites excluding steroid dienone is 2. The lowest BCUT2D eigenvalue weighted by Gasteiger charge is -2.22. The molecule has 0 spiro atoms. The molecule has 0 aromatic heterocycles. The zero-order chi connectivity index (χ0) is 18.3. The second-order valence-corrected chi connectivity index (χ2v) is 7.47. The molecule has 0 heterocycles. The van der Waals surface area contributed by atoms with Crippen LogP contribution in [-0.4, -0.2) is 25.8 Å². The molecule has 0 atom stereocenters. The van der Waals surface area contributed by atoms with Gasteiger partial charge in [0.2, 0.25) is 10.0 Å². The van der Waals surface area contributed by atoms with E-state index in [2.05, 4.69) is 0 Å². The third-order valence-corrected chi connectivity index (χ3v) is 5.52. The van der Waals surface area contributed by atoms with Gasteiger partial charge in [0.1, 0.15) is 0 Å². The van der Waals surface area contributed by atoms with Crippen molar-refractivity contribution in [1.29, 1.82) is 10.5 Å². The van der Waals surface area contributed by atoms with E-state index in [9.17, 15) is 8.42 Å². The molecular formula is C18H21N3O2S. The Morgan fingerprint density at radius 3 is 2.17 bits per heavy atom. The monoisotopic (exact) mass is 343 g/mol. The third-order valence-electron chi connectivity index (χ3n) is 3.72. The van der Waals surface area contributed by atoms with Crippen LogP contribution in [0.5, 0.6) is 0 Å². The molecule has 0 fully saturated rings. The molecule has 0 aliphatic rings. The van der Waals surface area contributed by atoms with E-state index in [0.29, 0.717) is 16.7 Å². The van der Waals surface area contributed by atoms with Gasteiger partial charge in [-0.3, -0.25) is 0 Å². The lowest BCUT2D eigenvalue weighted by atomic mass is 10.1. The highest BCUT2D eigenvalue weighted by Gasteiger charge is 2.25. The molecule has 5 nitrogen and oxygen atoms in total. The lowest BCUT2D eigenvalue weighted by Crippen LogP contribution is -2.34. The van der Waals surface area contributed by atoms with Crippen LogP contribution in [0.1, 0.15) is 26.3 Å². The fourth-order valence-electron chi connectivity index (χ4n) is 1.94. The summed E-state index contributed by atoms with van der Waals surface area (Å²) >= 11 is 0. The van der Waals surface area contributed by atoms with Crippen molar-refractivity contribution in [3.05, 3.63) is 52.6 Å². The maximum absolute atomic E-state index is 12.9. The molecule has 1 rings (SSSR count). The number of sulfonamides is 1. The van der Waals surface area contributed by atoms with Gasteiger partial charge in [0, 0.05) is 24.2 Å². The number of hydrogen-bond donors (Lipinski definition) is 0. The minimum atomic E-state index is -3.77. The van der Waals surface area contributed by atoms with Crippen molar-refractivity contribution in [3.63, 3.8) is 0 Å². The summed E-state index contributed by atoms with van der Waals surface area (Å²) in [6.07, 6.45) is 1.59. The predicted molar refractivity (Wildman–Crippen MR) is 93.3 cm³/mol. The second kappa shape index (κ2) is 8.44. The summed E-state index contributed by atoms with van der Waals surface area (Å²) in [5, 5.41) is 18.1. The fraction of sp³-hybridized carbons (Fsp3) is 0.333. The quantitative estimate of drug-likeness (QED) is 0.742. The Kier molecular flexibility index (Phi) is 6.91. The fourth-order valence-corrected chi connectivity index (χ4v) is 3.40. The summed E-state index contributed by atoms with van der Waals surface area (Å²) in [4.78, 5) is 0.170. The van der Waals surface area contributed by atoms with Gasteiger partial charge in [-0.1, -0.05) is 23.8 Å². The van der Waals surface area contributed by atoms with Crippen LogP contribution in [0, 0.1) is 29.6 Å². The van der Waals surface area contributed by atoms with Gasteiger partial charge in [0.25, 0.3) is 0 Å². The Morgan fingerprint density at radius 1 is 1.12 bits per heavy atom. The summed E-state index contributed by atoms with van der Waals surface area (Å²) in [6.45, 7) is 6.97. The van der Waals surface area contributed by atoms with E-state index in [-0.39, 0.29) is 18.0 Å². The smallest absolute Gasteiger partial charge is 0.207 e. The molecule has 126 valence electrons. The summed E-state index contributed by atoms with van der Waals surface area (Å²) in [6, 6.07) is 10.6. The second-order valence-electron chi connectivity index (χ2n) is 5.53. The average Bonchev–Trinajstić information content (AvgIpc) is 2.57. The van der Waals surface area contributed by atoms with Crippen molar-refractivity contribution >= 4 is 10.0 Å². The zero-order valence-electron chi connectivity index (χ0n) is 14.4. The first-order valence-electron chi connectivity index (χ1n) is 7.44. The van der Waals surface area contributed by atoms with Crippen LogP contribution in [0.2, 0.25) is 0 Å². The van der Waals surface area contributed by atoms with E-state index < -0.39 is 10.0 Å². The molecule has 0 bridgehead atoms. The van der Waals surface area contributed by atoms with Crippen LogP contribution in [-0.2, 0) is 10.0 Å². The van der Waals surface area contributed by atoms with E-state index >= 15 is 0 Å². The zero-order valence-corrected chi connectivity index (χ0v) is 15.2. The Hall–Kier alpha value is -2.41. The predicted octanol–water partition coefficient (Wildman–Crippen LogP) is 3.32. The largest absolute Gasteiger partial charge is 0.243 e. The van der Waals surface area contributed by atoms with Crippen molar-refractivity contribution in [2.45, 2.75) is 32.6 Å². The van der Waals surface area contributed by atoms with Gasteiger partial charge in [-0.15, -0.1) is 0 Å². The molecule has 6 heteroatoms. The SMILES string of the molecule is C/C=C(/C#N)CN(C/C(C)=C(\C)C#N)S(=O)(=O)c1ccc(C)cc1. The normalized spacial score (nSPS) is 13.2. The highest BCUT2D eigenvalue weighted by atomic mass is 32.2. The first kappa shape index (κ1) is 19.6. The maximum Gasteiger partial charge on any atom is 0.243 e. The number of aryl methyl sites for hydroxylation is 1. The maximum atomic E-state index is 12.9. The van der Waals surface area contributed by atoms with Gasteiger partial charge in [-0.05, 0) is 45.4 Å². The minimum absolute atomic E-state index is 0.0285. The van der Waals surface area contributed by atoms with E-state index in [4.69, 9.17) is 10.5 Å². The van der Waals surface area contributed by atoms with Crippen LogP contribution < -0.4 is 0 Å². The van der Waals surface area contributed by atoms with Crippen LogP contribution in [0.25, 0.3) is 0 Å². The van der Waals surface area contributed by atoms with E-state index in [1.54, 1.807) is 51.1 Å². The van der Waals surface area contributed by atoms with Crippen LogP contribution >= 0.6 is 0 Å². The highest BCUT2D eigenvalue weighted by molar-refractivity contribution is 7.89. The first-order valence-corrected chi connectivity index (χ1v) is 8.88. The summed E-state index contributed by atoms with van der Waals surface area (Å²) < 4.78 is 27.1. The topological polar surface area (TPSA) is 85.0 Å².